The average molecular weight is 583 g/mol. The third-order valence-electron chi connectivity index (χ3n) is 9.44. The lowest BCUT2D eigenvalue weighted by Crippen LogP contribution is -1.92. The molecule has 0 saturated heterocycles. The van der Waals surface area contributed by atoms with Crippen LogP contribution in [0.4, 0.5) is 0 Å². The van der Waals surface area contributed by atoms with Gasteiger partial charge in [-0.05, 0) is 99.7 Å². The molecule has 214 valence electrons. The van der Waals surface area contributed by atoms with Crippen LogP contribution in [0.15, 0.2) is 182 Å². The summed E-state index contributed by atoms with van der Waals surface area (Å²) in [5, 5.41) is 10.1. The number of hydrogen-bond donors (Lipinski definition) is 0. The SMILES string of the molecule is c1ccc(-c2ccc3cccc(-c4c5ccccc5c(-c5ccc6c(-c7ccccc7)cccc6c5)c5ccccc45)c3c2)cc1. The molecule has 0 aliphatic rings. The molecule has 0 saturated carbocycles. The van der Waals surface area contributed by atoms with Crippen molar-refractivity contribution in [3.8, 4) is 44.5 Å². The normalized spacial score (nSPS) is 11.5. The van der Waals surface area contributed by atoms with Crippen LogP contribution in [0.25, 0.3) is 87.6 Å². The van der Waals surface area contributed by atoms with E-state index in [1.165, 1.54) is 87.6 Å². The lowest BCUT2D eigenvalue weighted by Gasteiger charge is -2.19. The van der Waals surface area contributed by atoms with Crippen molar-refractivity contribution in [2.24, 2.45) is 0 Å². The van der Waals surface area contributed by atoms with Crippen LogP contribution >= 0.6 is 0 Å². The Balaban J connectivity index is 1.32. The monoisotopic (exact) mass is 582 g/mol. The maximum Gasteiger partial charge on any atom is -0.00201 e. The maximum absolute atomic E-state index is 2.37. The second-order valence-electron chi connectivity index (χ2n) is 12.1. The molecule has 0 aromatic heterocycles. The highest BCUT2D eigenvalue weighted by Gasteiger charge is 2.18. The van der Waals surface area contributed by atoms with E-state index in [9.17, 15) is 0 Å². The first-order valence-electron chi connectivity index (χ1n) is 15.9. The molecule has 0 aliphatic heterocycles. The Bertz CT molecular complexity index is 2500. The van der Waals surface area contributed by atoms with Crippen LogP contribution in [-0.4, -0.2) is 0 Å². The molecular formula is C46H30. The highest BCUT2D eigenvalue weighted by Crippen LogP contribution is 2.46. The number of fused-ring (bicyclic) bond motifs is 4. The number of benzene rings is 9. The van der Waals surface area contributed by atoms with Crippen molar-refractivity contribution in [2.75, 3.05) is 0 Å². The smallest absolute Gasteiger partial charge is 0.00201 e. The lowest BCUT2D eigenvalue weighted by atomic mass is 9.84. The minimum Gasteiger partial charge on any atom is -0.0622 e. The molecular weight excluding hydrogens is 553 g/mol. The quantitative estimate of drug-likeness (QED) is 0.181. The molecule has 9 rings (SSSR count). The molecule has 0 aliphatic carbocycles. The largest absolute Gasteiger partial charge is 0.0622 e. The van der Waals surface area contributed by atoms with Gasteiger partial charge in [0.2, 0.25) is 0 Å². The fraction of sp³-hybridized carbons (Fsp3) is 0. The molecule has 0 atom stereocenters. The van der Waals surface area contributed by atoms with Crippen molar-refractivity contribution >= 4 is 43.1 Å². The van der Waals surface area contributed by atoms with Crippen LogP contribution < -0.4 is 0 Å². The van der Waals surface area contributed by atoms with Crippen LogP contribution in [0.1, 0.15) is 0 Å². The highest BCUT2D eigenvalue weighted by atomic mass is 14.2. The molecule has 46 heavy (non-hydrogen) atoms. The van der Waals surface area contributed by atoms with Crippen LogP contribution in [0.2, 0.25) is 0 Å². The van der Waals surface area contributed by atoms with Crippen molar-refractivity contribution in [1.29, 1.82) is 0 Å². The molecule has 0 heteroatoms. The van der Waals surface area contributed by atoms with Gasteiger partial charge in [-0.3, -0.25) is 0 Å². The molecule has 9 aromatic carbocycles. The van der Waals surface area contributed by atoms with E-state index in [1.54, 1.807) is 0 Å². The molecule has 0 heterocycles. The standard InChI is InChI=1S/C46H30/c1-3-13-31(14-4-1)34-26-25-33-17-11-24-43(44(33)30-34)46-41-21-9-7-19-39(41)45(40-20-8-10-22-42(40)46)36-27-28-38-35(29-36)18-12-23-37(38)32-15-5-2-6-16-32/h1-30H. The molecule has 0 nitrogen and oxygen atoms in total. The van der Waals surface area contributed by atoms with Crippen LogP contribution in [0, 0.1) is 0 Å². The van der Waals surface area contributed by atoms with Gasteiger partial charge in [-0.1, -0.05) is 170 Å². The van der Waals surface area contributed by atoms with Gasteiger partial charge >= 0.3 is 0 Å². The van der Waals surface area contributed by atoms with E-state index >= 15 is 0 Å². The summed E-state index contributed by atoms with van der Waals surface area (Å²) in [5.41, 5.74) is 10.0. The summed E-state index contributed by atoms with van der Waals surface area (Å²) in [6.45, 7) is 0. The van der Waals surface area contributed by atoms with Crippen molar-refractivity contribution in [3.05, 3.63) is 182 Å². The van der Waals surface area contributed by atoms with Crippen molar-refractivity contribution in [2.45, 2.75) is 0 Å². The molecule has 9 aromatic rings. The molecule has 0 spiro atoms. The van der Waals surface area contributed by atoms with E-state index in [0.717, 1.165) is 0 Å². The van der Waals surface area contributed by atoms with Gasteiger partial charge in [0, 0.05) is 0 Å². The van der Waals surface area contributed by atoms with Crippen molar-refractivity contribution < 1.29 is 0 Å². The van der Waals surface area contributed by atoms with Crippen molar-refractivity contribution in [1.82, 2.24) is 0 Å². The lowest BCUT2D eigenvalue weighted by molar-refractivity contribution is 1.64. The third kappa shape index (κ3) is 4.30. The predicted molar refractivity (Wildman–Crippen MR) is 198 cm³/mol. The second kappa shape index (κ2) is 10.9. The van der Waals surface area contributed by atoms with Crippen LogP contribution in [-0.2, 0) is 0 Å². The Kier molecular flexibility index (Phi) is 6.25. The fourth-order valence-electron chi connectivity index (χ4n) is 7.34. The zero-order valence-corrected chi connectivity index (χ0v) is 25.3. The van der Waals surface area contributed by atoms with E-state index in [-0.39, 0.29) is 0 Å². The summed E-state index contributed by atoms with van der Waals surface area (Å²) in [6.07, 6.45) is 0. The Labute approximate surface area is 268 Å². The van der Waals surface area contributed by atoms with Gasteiger partial charge in [0.15, 0.2) is 0 Å². The third-order valence-corrected chi connectivity index (χ3v) is 9.44. The molecule has 0 fully saturated rings. The topological polar surface area (TPSA) is 0 Å². The summed E-state index contributed by atoms with van der Waals surface area (Å²) >= 11 is 0. The Morgan fingerprint density at radius 2 is 0.761 bits per heavy atom. The van der Waals surface area contributed by atoms with E-state index in [1.807, 2.05) is 0 Å². The minimum absolute atomic E-state index is 1.23. The molecule has 0 radical (unpaired) electrons. The first kappa shape index (κ1) is 26.4. The zero-order valence-electron chi connectivity index (χ0n) is 25.3. The Morgan fingerprint density at radius 1 is 0.217 bits per heavy atom. The Hall–Kier alpha value is -5.98. The van der Waals surface area contributed by atoms with Gasteiger partial charge in [-0.2, -0.15) is 0 Å². The predicted octanol–water partition coefficient (Wildman–Crippen LogP) is 13.0. The first-order chi connectivity index (χ1) is 22.8. The van der Waals surface area contributed by atoms with Gasteiger partial charge in [-0.25, -0.2) is 0 Å². The summed E-state index contributed by atoms with van der Waals surface area (Å²) in [7, 11) is 0. The summed E-state index contributed by atoms with van der Waals surface area (Å²) in [4.78, 5) is 0. The van der Waals surface area contributed by atoms with Gasteiger partial charge in [-0.15, -0.1) is 0 Å². The van der Waals surface area contributed by atoms with E-state index in [4.69, 9.17) is 0 Å². The summed E-state index contributed by atoms with van der Waals surface area (Å²) < 4.78 is 0. The van der Waals surface area contributed by atoms with Gasteiger partial charge in [0.1, 0.15) is 0 Å². The van der Waals surface area contributed by atoms with E-state index < -0.39 is 0 Å². The number of hydrogen-bond acceptors (Lipinski definition) is 0. The molecule has 0 N–H and O–H groups in total. The van der Waals surface area contributed by atoms with E-state index in [2.05, 4.69) is 182 Å². The zero-order chi connectivity index (χ0) is 30.5. The highest BCUT2D eigenvalue weighted by molar-refractivity contribution is 6.24. The maximum atomic E-state index is 2.37. The van der Waals surface area contributed by atoms with Crippen LogP contribution in [0.3, 0.4) is 0 Å². The average Bonchev–Trinajstić information content (AvgIpc) is 3.13. The molecule has 0 bridgehead atoms. The van der Waals surface area contributed by atoms with Crippen molar-refractivity contribution in [3.63, 3.8) is 0 Å². The summed E-state index contributed by atoms with van der Waals surface area (Å²) in [5.74, 6) is 0. The number of rotatable bonds is 4. The second-order valence-corrected chi connectivity index (χ2v) is 12.1. The molecule has 0 unspecified atom stereocenters. The Morgan fingerprint density at radius 3 is 1.43 bits per heavy atom. The summed E-state index contributed by atoms with van der Waals surface area (Å²) in [6, 6.07) is 66.5. The fourth-order valence-corrected chi connectivity index (χ4v) is 7.34. The first-order valence-corrected chi connectivity index (χ1v) is 15.9. The minimum atomic E-state index is 1.23. The molecule has 0 amide bonds. The van der Waals surface area contributed by atoms with Crippen LogP contribution in [0.5, 0.6) is 0 Å². The van der Waals surface area contributed by atoms with Gasteiger partial charge < -0.3 is 0 Å². The van der Waals surface area contributed by atoms with Gasteiger partial charge in [0.25, 0.3) is 0 Å². The van der Waals surface area contributed by atoms with E-state index in [0.29, 0.717) is 0 Å². The van der Waals surface area contributed by atoms with Gasteiger partial charge in [0.05, 0.1) is 0 Å².